The van der Waals surface area contributed by atoms with Crippen molar-refractivity contribution in [2.45, 2.75) is 23.6 Å². The second-order valence-electron chi connectivity index (χ2n) is 8.49. The topological polar surface area (TPSA) is 161 Å². The van der Waals surface area contributed by atoms with Gasteiger partial charge in [0.1, 0.15) is 0 Å². The third kappa shape index (κ3) is 10.00. The van der Waals surface area contributed by atoms with Gasteiger partial charge in [-0.05, 0) is 38.1 Å². The summed E-state index contributed by atoms with van der Waals surface area (Å²) < 4.78 is 110. The lowest BCUT2D eigenvalue weighted by atomic mass is 10.2. The van der Waals surface area contributed by atoms with Crippen LogP contribution in [0.1, 0.15) is 11.1 Å². The predicted molar refractivity (Wildman–Crippen MR) is 141 cm³/mol. The molecule has 12 nitrogen and oxygen atoms in total. The number of hydrogen-bond donors (Lipinski definition) is 0. The normalized spacial score (nSPS) is 13.3. The number of sulfonamides is 2. The van der Waals surface area contributed by atoms with Crippen LogP contribution in [0.15, 0.2) is 58.3 Å². The van der Waals surface area contributed by atoms with E-state index in [0.29, 0.717) is 0 Å². The highest BCUT2D eigenvalue weighted by molar-refractivity contribution is 7.89. The van der Waals surface area contributed by atoms with E-state index in [0.717, 1.165) is 32.2 Å². The molecule has 0 aliphatic heterocycles. The molecule has 214 valence electrons. The third-order valence-corrected chi connectivity index (χ3v) is 10.2. The zero-order valence-corrected chi connectivity index (χ0v) is 24.7. The molecule has 0 N–H and O–H groups in total. The van der Waals surface area contributed by atoms with Crippen LogP contribution in [0.5, 0.6) is 0 Å². The van der Waals surface area contributed by atoms with Gasteiger partial charge in [0.25, 0.3) is 20.2 Å². The molecular formula is C22H32N2O10S4. The quantitative estimate of drug-likeness (QED) is 0.265. The highest BCUT2D eigenvalue weighted by Gasteiger charge is 2.29. The first-order chi connectivity index (χ1) is 17.4. The van der Waals surface area contributed by atoms with E-state index in [4.69, 9.17) is 8.37 Å². The largest absolute Gasteiger partial charge is 0.269 e. The van der Waals surface area contributed by atoms with Crippen LogP contribution in [0.25, 0.3) is 0 Å². The van der Waals surface area contributed by atoms with E-state index < -0.39 is 53.5 Å². The fraction of sp³-hybridized carbons (Fsp3) is 0.455. The molecule has 0 saturated carbocycles. The lowest BCUT2D eigenvalue weighted by Crippen LogP contribution is -2.43. The first-order valence-corrected chi connectivity index (χ1v) is 17.8. The van der Waals surface area contributed by atoms with Gasteiger partial charge in [-0.1, -0.05) is 35.4 Å². The van der Waals surface area contributed by atoms with Crippen LogP contribution < -0.4 is 0 Å². The van der Waals surface area contributed by atoms with Crippen molar-refractivity contribution in [1.29, 1.82) is 0 Å². The first-order valence-electron chi connectivity index (χ1n) is 11.2. The standard InChI is InChI=1S/C22H32N2O10S4/c1-19-5-9-21(10-6-19)37(29,30)23(15-17-33-35(3,25)26)13-14-24(16-18-34-36(4,27)28)38(31,32)22-11-7-20(2)8-12-22/h5-12H,13-18H2,1-4H3. The second-order valence-corrected chi connectivity index (χ2v) is 15.7. The Morgan fingerprint density at radius 1 is 0.526 bits per heavy atom. The van der Waals surface area contributed by atoms with E-state index in [1.807, 2.05) is 0 Å². The van der Waals surface area contributed by atoms with E-state index in [-0.39, 0.29) is 36.0 Å². The summed E-state index contributed by atoms with van der Waals surface area (Å²) in [5, 5.41) is 0. The fourth-order valence-corrected chi connectivity index (χ4v) is 6.81. The first kappa shape index (κ1) is 32.3. The van der Waals surface area contributed by atoms with Crippen LogP contribution in [-0.4, -0.2) is 94.2 Å². The monoisotopic (exact) mass is 612 g/mol. The van der Waals surface area contributed by atoms with Gasteiger partial charge in [0.05, 0.1) is 35.5 Å². The lowest BCUT2D eigenvalue weighted by Gasteiger charge is -2.27. The maximum atomic E-state index is 13.4. The van der Waals surface area contributed by atoms with Crippen LogP contribution >= 0.6 is 0 Å². The Labute approximate surface area is 225 Å². The van der Waals surface area contributed by atoms with Gasteiger partial charge in [0.15, 0.2) is 0 Å². The Balaban J connectivity index is 2.38. The summed E-state index contributed by atoms with van der Waals surface area (Å²) in [5.74, 6) is 0. The van der Waals surface area contributed by atoms with Crippen LogP contribution in [-0.2, 0) is 48.6 Å². The minimum atomic E-state index is -4.18. The summed E-state index contributed by atoms with van der Waals surface area (Å²) in [5.41, 5.74) is 1.63. The van der Waals surface area contributed by atoms with Crippen molar-refractivity contribution in [2.24, 2.45) is 0 Å². The number of aryl methyl sites for hydroxylation is 2. The molecule has 0 atom stereocenters. The predicted octanol–water partition coefficient (Wildman–Crippen LogP) is 0.937. The molecule has 2 aromatic rings. The van der Waals surface area contributed by atoms with Crippen molar-refractivity contribution >= 4 is 40.3 Å². The highest BCUT2D eigenvalue weighted by atomic mass is 32.2. The summed E-state index contributed by atoms with van der Waals surface area (Å²) >= 11 is 0. The molecule has 0 spiro atoms. The SMILES string of the molecule is Cc1ccc(S(=O)(=O)N(CCOS(C)(=O)=O)CCN(CCOS(C)(=O)=O)S(=O)(=O)c2ccc(C)cc2)cc1. The van der Waals surface area contributed by atoms with Gasteiger partial charge >= 0.3 is 0 Å². The molecule has 2 rings (SSSR count). The molecule has 16 heteroatoms. The van der Waals surface area contributed by atoms with Gasteiger partial charge in [0, 0.05) is 26.2 Å². The van der Waals surface area contributed by atoms with Crippen LogP contribution in [0.2, 0.25) is 0 Å². The van der Waals surface area contributed by atoms with Gasteiger partial charge < -0.3 is 0 Å². The average molecular weight is 613 g/mol. The molecule has 0 aromatic heterocycles. The zero-order valence-electron chi connectivity index (χ0n) is 21.5. The Morgan fingerprint density at radius 3 is 1.08 bits per heavy atom. The summed E-state index contributed by atoms with van der Waals surface area (Å²) in [4.78, 5) is -0.147. The Bertz CT molecular complexity index is 1390. The van der Waals surface area contributed by atoms with Crippen molar-refractivity contribution in [3.05, 3.63) is 59.7 Å². The van der Waals surface area contributed by atoms with Crippen LogP contribution in [0.3, 0.4) is 0 Å². The van der Waals surface area contributed by atoms with E-state index in [1.54, 1.807) is 38.1 Å². The molecule has 0 unspecified atom stereocenters. The molecule has 0 saturated heterocycles. The van der Waals surface area contributed by atoms with Gasteiger partial charge in [0.2, 0.25) is 20.0 Å². The molecule has 0 aliphatic carbocycles. The van der Waals surface area contributed by atoms with Gasteiger partial charge in [-0.3, -0.25) is 8.37 Å². The molecule has 38 heavy (non-hydrogen) atoms. The van der Waals surface area contributed by atoms with Crippen LogP contribution in [0.4, 0.5) is 0 Å². The fourth-order valence-electron chi connectivity index (χ4n) is 3.23. The van der Waals surface area contributed by atoms with E-state index in [2.05, 4.69) is 0 Å². The molecule has 0 radical (unpaired) electrons. The van der Waals surface area contributed by atoms with E-state index in [9.17, 15) is 33.7 Å². The van der Waals surface area contributed by atoms with Crippen molar-refractivity contribution in [2.75, 3.05) is 51.9 Å². The second kappa shape index (κ2) is 13.0. The van der Waals surface area contributed by atoms with Crippen molar-refractivity contribution in [3.8, 4) is 0 Å². The number of nitrogens with zero attached hydrogens (tertiary/aromatic N) is 2. The minimum Gasteiger partial charge on any atom is -0.269 e. The molecule has 0 aliphatic rings. The Kier molecular flexibility index (Phi) is 11.0. The summed E-state index contributed by atoms with van der Waals surface area (Å²) in [6, 6.07) is 11.9. The molecule has 0 amide bonds. The third-order valence-electron chi connectivity index (χ3n) is 5.19. The smallest absolute Gasteiger partial charge is 0.264 e. The summed E-state index contributed by atoms with van der Waals surface area (Å²) in [7, 11) is -16.1. The highest BCUT2D eigenvalue weighted by Crippen LogP contribution is 2.19. The van der Waals surface area contributed by atoms with Crippen molar-refractivity contribution < 1.29 is 42.0 Å². The Hall–Kier alpha value is -1.92. The average Bonchev–Trinajstić information content (AvgIpc) is 2.78. The minimum absolute atomic E-state index is 0.0733. The zero-order chi connectivity index (χ0) is 28.8. The maximum absolute atomic E-state index is 13.4. The molecule has 2 aromatic carbocycles. The van der Waals surface area contributed by atoms with E-state index >= 15 is 0 Å². The summed E-state index contributed by atoms with van der Waals surface area (Å²) in [6.07, 6.45) is 1.65. The summed E-state index contributed by atoms with van der Waals surface area (Å²) in [6.45, 7) is 1.03. The number of hydrogen-bond acceptors (Lipinski definition) is 10. The van der Waals surface area contributed by atoms with Gasteiger partial charge in [-0.2, -0.15) is 25.4 Å². The number of benzene rings is 2. The molecule has 0 bridgehead atoms. The van der Waals surface area contributed by atoms with Gasteiger partial charge in [-0.25, -0.2) is 16.8 Å². The molecular weight excluding hydrogens is 581 g/mol. The van der Waals surface area contributed by atoms with Crippen molar-refractivity contribution in [1.82, 2.24) is 8.61 Å². The van der Waals surface area contributed by atoms with E-state index in [1.165, 1.54) is 24.3 Å². The van der Waals surface area contributed by atoms with Gasteiger partial charge in [-0.15, -0.1) is 0 Å². The molecule has 0 fully saturated rings. The molecule has 0 heterocycles. The Morgan fingerprint density at radius 2 is 0.816 bits per heavy atom. The number of rotatable bonds is 15. The maximum Gasteiger partial charge on any atom is 0.264 e. The lowest BCUT2D eigenvalue weighted by molar-refractivity contribution is 0.250. The van der Waals surface area contributed by atoms with Crippen molar-refractivity contribution in [3.63, 3.8) is 0 Å². The van der Waals surface area contributed by atoms with Crippen LogP contribution in [0, 0.1) is 13.8 Å².